The summed E-state index contributed by atoms with van der Waals surface area (Å²) in [5, 5.41) is 0. The van der Waals surface area contributed by atoms with Crippen molar-refractivity contribution in [3.63, 3.8) is 0 Å². The summed E-state index contributed by atoms with van der Waals surface area (Å²) in [4.78, 5) is 25.8. The molecule has 3 rings (SSSR count). The molecule has 1 aliphatic heterocycles. The Kier molecular flexibility index (Phi) is 4.40. The number of aromatic nitrogens is 2. The summed E-state index contributed by atoms with van der Waals surface area (Å²) in [7, 11) is 4.27. The van der Waals surface area contributed by atoms with Gasteiger partial charge in [-0.15, -0.1) is 11.3 Å². The first-order chi connectivity index (χ1) is 10.5. The fourth-order valence-electron chi connectivity index (χ4n) is 3.08. The lowest BCUT2D eigenvalue weighted by Gasteiger charge is -2.34. The number of carbonyl (C=O) groups is 1. The second-order valence-electron chi connectivity index (χ2n) is 6.27. The normalized spacial score (nSPS) is 16.6. The number of anilines is 1. The summed E-state index contributed by atoms with van der Waals surface area (Å²) in [5.74, 6) is 1.85. The van der Waals surface area contributed by atoms with E-state index in [2.05, 4.69) is 33.9 Å². The van der Waals surface area contributed by atoms with Gasteiger partial charge in [-0.1, -0.05) is 0 Å². The second-order valence-corrected chi connectivity index (χ2v) is 7.32. The number of fused-ring (bicyclic) bond motifs is 1. The van der Waals surface area contributed by atoms with Crippen molar-refractivity contribution in [3.8, 4) is 0 Å². The average molecular weight is 318 g/mol. The van der Waals surface area contributed by atoms with E-state index in [0.717, 1.165) is 46.5 Å². The molecule has 1 fully saturated rings. The van der Waals surface area contributed by atoms with Crippen molar-refractivity contribution in [1.82, 2.24) is 14.9 Å². The number of hydrogen-bond acceptors (Lipinski definition) is 6. The third kappa shape index (κ3) is 3.13. The maximum absolute atomic E-state index is 11.6. The van der Waals surface area contributed by atoms with Gasteiger partial charge in [0.1, 0.15) is 12.1 Å². The molecule has 0 aliphatic carbocycles. The third-order valence-electron chi connectivity index (χ3n) is 4.18. The minimum absolute atomic E-state index is 0.0960. The van der Waals surface area contributed by atoms with Gasteiger partial charge in [0, 0.05) is 19.6 Å². The van der Waals surface area contributed by atoms with E-state index in [0.29, 0.717) is 0 Å². The third-order valence-corrected chi connectivity index (χ3v) is 5.40. The van der Waals surface area contributed by atoms with Gasteiger partial charge < -0.3 is 9.80 Å². The van der Waals surface area contributed by atoms with Crippen molar-refractivity contribution in [3.05, 3.63) is 17.3 Å². The number of nitrogens with zero attached hydrogens (tertiary/aromatic N) is 4. The van der Waals surface area contributed by atoms with Crippen LogP contribution in [0.15, 0.2) is 12.4 Å². The molecule has 0 bridgehead atoms. The lowest BCUT2D eigenvalue weighted by atomic mass is 9.96. The predicted octanol–water partition coefficient (Wildman–Crippen LogP) is 2.67. The van der Waals surface area contributed by atoms with Crippen LogP contribution in [0, 0.1) is 5.92 Å². The van der Waals surface area contributed by atoms with Gasteiger partial charge in [-0.05, 0) is 45.8 Å². The molecular weight excluding hydrogens is 296 g/mol. The molecule has 0 N–H and O–H groups in total. The zero-order valence-corrected chi connectivity index (χ0v) is 14.2. The lowest BCUT2D eigenvalue weighted by molar-refractivity contribution is 0.102. The smallest absolute Gasteiger partial charge is 0.169 e. The summed E-state index contributed by atoms with van der Waals surface area (Å²) in [6.07, 6.45) is 3.99. The van der Waals surface area contributed by atoms with Gasteiger partial charge in [-0.25, -0.2) is 9.97 Å². The van der Waals surface area contributed by atoms with E-state index in [1.54, 1.807) is 13.3 Å². The van der Waals surface area contributed by atoms with Crippen LogP contribution in [0.3, 0.4) is 0 Å². The Morgan fingerprint density at radius 2 is 2.09 bits per heavy atom. The van der Waals surface area contributed by atoms with Gasteiger partial charge in [0.15, 0.2) is 5.78 Å². The number of rotatable bonds is 4. The molecule has 2 aromatic heterocycles. The van der Waals surface area contributed by atoms with E-state index < -0.39 is 0 Å². The molecule has 0 radical (unpaired) electrons. The predicted molar refractivity (Wildman–Crippen MR) is 90.9 cm³/mol. The Morgan fingerprint density at radius 3 is 2.73 bits per heavy atom. The number of thiophene rings is 1. The quantitative estimate of drug-likeness (QED) is 0.811. The largest absolute Gasteiger partial charge is 0.355 e. The number of carbonyl (C=O) groups excluding carboxylic acids is 1. The number of piperidine rings is 1. The van der Waals surface area contributed by atoms with Crippen LogP contribution in [0.1, 0.15) is 29.4 Å². The van der Waals surface area contributed by atoms with Crippen molar-refractivity contribution in [2.24, 2.45) is 5.92 Å². The SMILES string of the molecule is CC(=O)c1cc2ncnc(N3CCC(CN(C)C)CC3)c2s1. The van der Waals surface area contributed by atoms with E-state index in [9.17, 15) is 4.79 Å². The molecule has 2 aromatic rings. The number of Topliss-reactive ketones (excluding diaryl/α,β-unsaturated/α-hetero) is 1. The van der Waals surface area contributed by atoms with Crippen molar-refractivity contribution in [2.75, 3.05) is 38.6 Å². The average Bonchev–Trinajstić information content (AvgIpc) is 2.91. The van der Waals surface area contributed by atoms with E-state index in [1.807, 2.05) is 6.07 Å². The van der Waals surface area contributed by atoms with Gasteiger partial charge in [0.2, 0.25) is 0 Å². The topological polar surface area (TPSA) is 49.3 Å². The van der Waals surface area contributed by atoms with Crippen molar-refractivity contribution >= 4 is 33.2 Å². The van der Waals surface area contributed by atoms with Crippen LogP contribution in [0.25, 0.3) is 10.2 Å². The molecule has 22 heavy (non-hydrogen) atoms. The molecule has 0 unspecified atom stereocenters. The molecule has 0 amide bonds. The van der Waals surface area contributed by atoms with Crippen LogP contribution in [0.5, 0.6) is 0 Å². The van der Waals surface area contributed by atoms with E-state index in [1.165, 1.54) is 24.2 Å². The maximum Gasteiger partial charge on any atom is 0.169 e. The molecule has 0 aromatic carbocycles. The molecule has 0 saturated carbocycles. The Labute approximate surface area is 135 Å². The standard InChI is InChI=1S/C16H22N4OS/c1-11(21)14-8-13-15(22-14)16(18-10-17-13)20-6-4-12(5-7-20)9-19(2)3/h8,10,12H,4-7,9H2,1-3H3. The molecule has 0 atom stereocenters. The molecule has 6 heteroatoms. The van der Waals surface area contributed by atoms with E-state index >= 15 is 0 Å². The summed E-state index contributed by atoms with van der Waals surface area (Å²) in [5.41, 5.74) is 0.885. The first-order valence-electron chi connectivity index (χ1n) is 7.69. The Balaban J connectivity index is 1.81. The van der Waals surface area contributed by atoms with Crippen LogP contribution >= 0.6 is 11.3 Å². The summed E-state index contributed by atoms with van der Waals surface area (Å²) < 4.78 is 1.04. The van der Waals surface area contributed by atoms with Gasteiger partial charge in [-0.3, -0.25) is 4.79 Å². The fourth-order valence-corrected chi connectivity index (χ4v) is 4.11. The summed E-state index contributed by atoms with van der Waals surface area (Å²) in [6, 6.07) is 1.88. The highest BCUT2D eigenvalue weighted by atomic mass is 32.1. The summed E-state index contributed by atoms with van der Waals surface area (Å²) >= 11 is 1.51. The van der Waals surface area contributed by atoms with Gasteiger partial charge in [-0.2, -0.15) is 0 Å². The zero-order chi connectivity index (χ0) is 15.7. The molecular formula is C16H22N4OS. The van der Waals surface area contributed by atoms with Gasteiger partial charge >= 0.3 is 0 Å². The number of hydrogen-bond donors (Lipinski definition) is 0. The molecule has 1 aliphatic rings. The highest BCUT2D eigenvalue weighted by Crippen LogP contribution is 2.33. The van der Waals surface area contributed by atoms with E-state index in [4.69, 9.17) is 0 Å². The van der Waals surface area contributed by atoms with Crippen molar-refractivity contribution < 1.29 is 4.79 Å². The highest BCUT2D eigenvalue weighted by molar-refractivity contribution is 7.21. The van der Waals surface area contributed by atoms with Crippen LogP contribution in [0.4, 0.5) is 5.82 Å². The minimum atomic E-state index is 0.0960. The van der Waals surface area contributed by atoms with Gasteiger partial charge in [0.25, 0.3) is 0 Å². The van der Waals surface area contributed by atoms with Crippen LogP contribution in [-0.4, -0.2) is 54.4 Å². The van der Waals surface area contributed by atoms with E-state index in [-0.39, 0.29) is 5.78 Å². The first kappa shape index (κ1) is 15.4. The summed E-state index contributed by atoms with van der Waals surface area (Å²) in [6.45, 7) is 4.81. The fraction of sp³-hybridized carbons (Fsp3) is 0.562. The minimum Gasteiger partial charge on any atom is -0.355 e. The molecule has 118 valence electrons. The highest BCUT2D eigenvalue weighted by Gasteiger charge is 2.23. The maximum atomic E-state index is 11.6. The molecule has 1 saturated heterocycles. The van der Waals surface area contributed by atoms with Crippen LogP contribution < -0.4 is 4.90 Å². The number of ketones is 1. The van der Waals surface area contributed by atoms with Crippen LogP contribution in [-0.2, 0) is 0 Å². The van der Waals surface area contributed by atoms with Gasteiger partial charge in [0.05, 0.1) is 15.1 Å². The first-order valence-corrected chi connectivity index (χ1v) is 8.51. The molecule has 0 spiro atoms. The molecule has 5 nitrogen and oxygen atoms in total. The Hall–Kier alpha value is -1.53. The monoisotopic (exact) mass is 318 g/mol. The molecule has 3 heterocycles. The lowest BCUT2D eigenvalue weighted by Crippen LogP contribution is -2.37. The van der Waals surface area contributed by atoms with Crippen molar-refractivity contribution in [2.45, 2.75) is 19.8 Å². The van der Waals surface area contributed by atoms with Crippen molar-refractivity contribution in [1.29, 1.82) is 0 Å². The zero-order valence-electron chi connectivity index (χ0n) is 13.4. The Bertz CT molecular complexity index is 674. The Morgan fingerprint density at radius 1 is 1.36 bits per heavy atom. The second kappa shape index (κ2) is 6.30. The van der Waals surface area contributed by atoms with Crippen LogP contribution in [0.2, 0.25) is 0 Å².